The molecule has 0 aromatic heterocycles. The molecule has 0 heterocycles. The number of rotatable bonds is 7. The molecule has 2 aromatic carbocycles. The third-order valence-corrected chi connectivity index (χ3v) is 3.66. The van der Waals surface area contributed by atoms with Gasteiger partial charge in [-0.05, 0) is 36.6 Å². The largest absolute Gasteiger partial charge is 0.481 e. The number of nitrogens with one attached hydrogen (secondary N) is 1. The monoisotopic (exact) mass is 348 g/mol. The number of benzene rings is 2. The van der Waals surface area contributed by atoms with E-state index in [2.05, 4.69) is 5.32 Å². The molecule has 5 heteroatoms. The Bertz CT molecular complexity index is 634. The minimum atomic E-state index is -0.514. The van der Waals surface area contributed by atoms with Crippen LogP contribution >= 0.6 is 12.4 Å². The first-order chi connectivity index (χ1) is 11.1. The van der Waals surface area contributed by atoms with Gasteiger partial charge in [-0.25, -0.2) is 0 Å². The molecule has 2 unspecified atom stereocenters. The summed E-state index contributed by atoms with van der Waals surface area (Å²) in [4.78, 5) is 12.3. The minimum absolute atomic E-state index is 0. The van der Waals surface area contributed by atoms with E-state index >= 15 is 0 Å². The topological polar surface area (TPSA) is 64.3 Å². The van der Waals surface area contributed by atoms with Gasteiger partial charge in [0.05, 0.1) is 0 Å². The van der Waals surface area contributed by atoms with E-state index in [1.165, 1.54) is 0 Å². The average Bonchev–Trinajstić information content (AvgIpc) is 2.58. The van der Waals surface area contributed by atoms with Gasteiger partial charge >= 0.3 is 0 Å². The normalized spacial score (nSPS) is 12.6. The van der Waals surface area contributed by atoms with Gasteiger partial charge in [0, 0.05) is 12.6 Å². The van der Waals surface area contributed by atoms with E-state index in [0.717, 1.165) is 11.1 Å². The maximum absolute atomic E-state index is 12.3. The van der Waals surface area contributed by atoms with Crippen molar-refractivity contribution >= 4 is 18.3 Å². The first kappa shape index (κ1) is 20.0. The number of halogens is 1. The molecule has 0 aliphatic rings. The van der Waals surface area contributed by atoms with Crippen LogP contribution in [0.2, 0.25) is 0 Å². The molecule has 0 saturated heterocycles. The predicted molar refractivity (Wildman–Crippen MR) is 99.5 cm³/mol. The van der Waals surface area contributed by atoms with Crippen molar-refractivity contribution in [2.75, 3.05) is 6.54 Å². The van der Waals surface area contributed by atoms with Crippen molar-refractivity contribution in [3.05, 3.63) is 65.7 Å². The summed E-state index contributed by atoms with van der Waals surface area (Å²) in [6.07, 6.45) is 0.0835. The highest BCUT2D eigenvalue weighted by molar-refractivity contribution is 5.85. The van der Waals surface area contributed by atoms with Crippen LogP contribution in [0.5, 0.6) is 5.75 Å². The Morgan fingerprint density at radius 2 is 1.88 bits per heavy atom. The first-order valence-corrected chi connectivity index (χ1v) is 7.91. The van der Waals surface area contributed by atoms with Gasteiger partial charge in [-0.1, -0.05) is 49.4 Å². The lowest BCUT2D eigenvalue weighted by Crippen LogP contribution is -2.41. The Balaban J connectivity index is 0.00000288. The third-order valence-electron chi connectivity index (χ3n) is 3.66. The van der Waals surface area contributed by atoms with Crippen LogP contribution in [0.25, 0.3) is 0 Å². The van der Waals surface area contributed by atoms with Crippen molar-refractivity contribution in [2.24, 2.45) is 5.73 Å². The second-order valence-corrected chi connectivity index (χ2v) is 5.59. The van der Waals surface area contributed by atoms with Crippen LogP contribution in [-0.2, 0) is 4.79 Å². The van der Waals surface area contributed by atoms with Crippen LogP contribution in [0.15, 0.2) is 54.6 Å². The third kappa shape index (κ3) is 5.87. The van der Waals surface area contributed by atoms with Crippen LogP contribution in [0.4, 0.5) is 0 Å². The molecule has 2 rings (SSSR count). The molecule has 130 valence electrons. The Labute approximate surface area is 149 Å². The molecule has 24 heavy (non-hydrogen) atoms. The number of hydrogen-bond donors (Lipinski definition) is 2. The van der Waals surface area contributed by atoms with Gasteiger partial charge in [-0.15, -0.1) is 12.4 Å². The number of nitrogens with two attached hydrogens (primary N) is 1. The lowest BCUT2D eigenvalue weighted by Gasteiger charge is -2.19. The summed E-state index contributed by atoms with van der Waals surface area (Å²) < 4.78 is 5.79. The molecule has 4 nitrogen and oxygen atoms in total. The van der Waals surface area contributed by atoms with E-state index in [1.54, 1.807) is 0 Å². The zero-order valence-corrected chi connectivity index (χ0v) is 14.9. The van der Waals surface area contributed by atoms with Crippen molar-refractivity contribution in [3.63, 3.8) is 0 Å². The summed E-state index contributed by atoms with van der Waals surface area (Å²) in [7, 11) is 0. The molecule has 1 amide bonds. The molecule has 0 fully saturated rings. The van der Waals surface area contributed by atoms with Gasteiger partial charge < -0.3 is 15.8 Å². The molecule has 0 radical (unpaired) electrons. The lowest BCUT2D eigenvalue weighted by molar-refractivity contribution is -0.128. The summed E-state index contributed by atoms with van der Waals surface area (Å²) in [5.41, 5.74) is 8.20. The molecule has 3 N–H and O–H groups in total. The highest BCUT2D eigenvalue weighted by atomic mass is 35.5. The van der Waals surface area contributed by atoms with Crippen LogP contribution in [-0.4, -0.2) is 18.6 Å². The maximum Gasteiger partial charge on any atom is 0.261 e. The second-order valence-electron chi connectivity index (χ2n) is 5.59. The van der Waals surface area contributed by atoms with Gasteiger partial charge in [0.1, 0.15) is 5.75 Å². The van der Waals surface area contributed by atoms with Crippen molar-refractivity contribution in [1.82, 2.24) is 5.32 Å². The fourth-order valence-electron chi connectivity index (χ4n) is 2.32. The highest BCUT2D eigenvalue weighted by Crippen LogP contribution is 2.15. The predicted octanol–water partition coefficient (Wildman–Crippen LogP) is 3.39. The van der Waals surface area contributed by atoms with Crippen molar-refractivity contribution < 1.29 is 9.53 Å². The van der Waals surface area contributed by atoms with Crippen molar-refractivity contribution in [3.8, 4) is 5.75 Å². The summed E-state index contributed by atoms with van der Waals surface area (Å²) in [5, 5.41) is 2.88. The molecule has 0 bridgehead atoms. The Morgan fingerprint density at radius 1 is 1.17 bits per heavy atom. The number of carbonyl (C=O) groups is 1. The van der Waals surface area contributed by atoms with Gasteiger partial charge in [0.25, 0.3) is 5.91 Å². The molecule has 0 spiro atoms. The van der Waals surface area contributed by atoms with E-state index in [9.17, 15) is 4.79 Å². The zero-order valence-electron chi connectivity index (χ0n) is 14.1. The van der Waals surface area contributed by atoms with Crippen molar-refractivity contribution in [2.45, 2.75) is 32.4 Å². The number of aryl methyl sites for hydroxylation is 1. The lowest BCUT2D eigenvalue weighted by atomic mass is 10.1. The zero-order chi connectivity index (χ0) is 16.7. The fourth-order valence-corrected chi connectivity index (χ4v) is 2.32. The number of hydrogen-bond acceptors (Lipinski definition) is 3. The number of carbonyl (C=O) groups excluding carboxylic acids is 1. The standard InChI is InChI=1S/C19H24N2O2.ClH/c1-3-18(23-16-11-7-8-14(2)12-16)19(22)21-13-17(20)15-9-5-4-6-10-15;/h4-12,17-18H,3,13,20H2,1-2H3,(H,21,22);1H. The Kier molecular flexibility index (Phi) is 8.30. The van der Waals surface area contributed by atoms with E-state index in [4.69, 9.17) is 10.5 Å². The fraction of sp³-hybridized carbons (Fsp3) is 0.316. The molecule has 2 atom stereocenters. The van der Waals surface area contributed by atoms with E-state index < -0.39 is 6.10 Å². The van der Waals surface area contributed by atoms with Gasteiger partial charge in [-0.3, -0.25) is 4.79 Å². The summed E-state index contributed by atoms with van der Waals surface area (Å²) >= 11 is 0. The van der Waals surface area contributed by atoms with Gasteiger partial charge in [0.2, 0.25) is 0 Å². The average molecular weight is 349 g/mol. The van der Waals surface area contributed by atoms with Crippen LogP contribution < -0.4 is 15.8 Å². The minimum Gasteiger partial charge on any atom is -0.481 e. The molecule has 0 saturated carbocycles. The Morgan fingerprint density at radius 3 is 2.50 bits per heavy atom. The van der Waals surface area contributed by atoms with Crippen LogP contribution in [0.3, 0.4) is 0 Å². The smallest absolute Gasteiger partial charge is 0.261 e. The van der Waals surface area contributed by atoms with E-state index in [0.29, 0.717) is 18.7 Å². The second kappa shape index (κ2) is 9.96. The Hall–Kier alpha value is -2.04. The summed E-state index contributed by atoms with van der Waals surface area (Å²) in [6.45, 7) is 4.31. The van der Waals surface area contributed by atoms with Gasteiger partial charge in [-0.2, -0.15) is 0 Å². The summed E-state index contributed by atoms with van der Waals surface area (Å²) in [6, 6.07) is 17.2. The van der Waals surface area contributed by atoms with Crippen LogP contribution in [0, 0.1) is 6.92 Å². The number of ether oxygens (including phenoxy) is 1. The quantitative estimate of drug-likeness (QED) is 0.806. The molecule has 0 aliphatic heterocycles. The van der Waals surface area contributed by atoms with E-state index in [1.807, 2.05) is 68.4 Å². The summed E-state index contributed by atoms with van der Waals surface area (Å²) in [5.74, 6) is 0.569. The maximum atomic E-state index is 12.3. The van der Waals surface area contributed by atoms with E-state index in [-0.39, 0.29) is 24.4 Å². The molecule has 2 aromatic rings. The molecular weight excluding hydrogens is 324 g/mol. The van der Waals surface area contributed by atoms with Gasteiger partial charge in [0.15, 0.2) is 6.10 Å². The highest BCUT2D eigenvalue weighted by Gasteiger charge is 2.19. The van der Waals surface area contributed by atoms with Crippen LogP contribution in [0.1, 0.15) is 30.5 Å². The van der Waals surface area contributed by atoms with Crippen molar-refractivity contribution in [1.29, 1.82) is 0 Å². The SMILES string of the molecule is CCC(Oc1cccc(C)c1)C(=O)NCC(N)c1ccccc1.Cl. The first-order valence-electron chi connectivity index (χ1n) is 7.91. The molecular formula is C19H25ClN2O2. The number of amides is 1. The molecule has 0 aliphatic carbocycles.